The van der Waals surface area contributed by atoms with Crippen molar-refractivity contribution in [1.29, 1.82) is 0 Å². The van der Waals surface area contributed by atoms with Gasteiger partial charge in [0.15, 0.2) is 0 Å². The van der Waals surface area contributed by atoms with E-state index in [1.54, 1.807) is 25.2 Å². The molecule has 23 heavy (non-hydrogen) atoms. The number of hydrogen-bond donors (Lipinski definition) is 2. The number of nitrogens with one attached hydrogen (secondary N) is 1. The lowest BCUT2D eigenvalue weighted by Crippen LogP contribution is -2.30. The largest absolute Gasteiger partial charge is 0.463 e. The number of aliphatic hydroxyl groups excluding tert-OH is 1. The Labute approximate surface area is 138 Å². The normalized spacial score (nSPS) is 20.9. The first-order chi connectivity index (χ1) is 11.0. The van der Waals surface area contributed by atoms with Crippen LogP contribution in [0, 0.1) is 5.92 Å². The third kappa shape index (κ3) is 2.92. The van der Waals surface area contributed by atoms with E-state index in [2.05, 4.69) is 5.32 Å². The molecule has 7 heteroatoms. The van der Waals surface area contributed by atoms with E-state index in [4.69, 9.17) is 16.0 Å². The number of fused-ring (bicyclic) bond motifs is 1. The van der Waals surface area contributed by atoms with E-state index in [1.165, 1.54) is 11.2 Å². The topological polar surface area (TPSA) is 82.8 Å². The average molecular weight is 337 g/mol. The molecule has 3 rings (SSSR count). The van der Waals surface area contributed by atoms with Crippen LogP contribution in [0.15, 0.2) is 28.9 Å². The van der Waals surface area contributed by atoms with Crippen LogP contribution < -0.4 is 5.32 Å². The molecule has 1 saturated heterocycles. The molecule has 2 aromatic rings. The lowest BCUT2D eigenvalue weighted by atomic mass is 10.0. The van der Waals surface area contributed by atoms with Crippen molar-refractivity contribution in [2.75, 3.05) is 20.1 Å². The monoisotopic (exact) mass is 336 g/mol. The quantitative estimate of drug-likeness (QED) is 0.893. The summed E-state index contributed by atoms with van der Waals surface area (Å²) in [6.45, 7) is 0.481. The fourth-order valence-electron chi connectivity index (χ4n) is 2.93. The Bertz CT molecular complexity index is 758. The third-order valence-electron chi connectivity index (χ3n) is 4.20. The van der Waals surface area contributed by atoms with Crippen molar-refractivity contribution in [3.8, 4) is 0 Å². The fourth-order valence-corrected chi connectivity index (χ4v) is 3.16. The lowest BCUT2D eigenvalue weighted by molar-refractivity contribution is -0.122. The number of halogens is 1. The molecule has 1 aromatic heterocycles. The molecule has 0 unspecified atom stereocenters. The standard InChI is InChI=1S/C16H17ClN2O4/c1-18-13(21)6-10-7-19(8-12(10)20)16(22)14-11(17)3-2-9-4-5-23-15(9)14/h2-5,10,12,20H,6-8H2,1H3,(H,18,21)/t10-,12-/m1/s1. The first kappa shape index (κ1) is 15.8. The summed E-state index contributed by atoms with van der Waals surface area (Å²) in [6.07, 6.45) is 0.955. The molecule has 0 radical (unpaired) electrons. The number of β-amino-alcohol motifs (C(OH)–C–C–N with tert-alkyl or cyclic N) is 1. The number of rotatable bonds is 3. The molecule has 1 aliphatic rings. The van der Waals surface area contributed by atoms with Gasteiger partial charge in [-0.15, -0.1) is 0 Å². The number of carbonyl (C=O) groups is 2. The predicted octanol–water partition coefficient (Wildman–Crippen LogP) is 1.66. The second-order valence-electron chi connectivity index (χ2n) is 5.68. The van der Waals surface area contributed by atoms with E-state index in [0.29, 0.717) is 22.7 Å². The zero-order valence-corrected chi connectivity index (χ0v) is 13.3. The molecule has 2 amide bonds. The van der Waals surface area contributed by atoms with E-state index < -0.39 is 6.10 Å². The van der Waals surface area contributed by atoms with Gasteiger partial charge in [-0.05, 0) is 18.2 Å². The number of nitrogens with zero attached hydrogens (tertiary/aromatic N) is 1. The van der Waals surface area contributed by atoms with Crippen LogP contribution in [-0.4, -0.2) is 48.1 Å². The molecular formula is C16H17ClN2O4. The number of furan rings is 1. The summed E-state index contributed by atoms with van der Waals surface area (Å²) in [4.78, 5) is 25.8. The molecule has 1 aromatic carbocycles. The maximum atomic E-state index is 12.8. The Hall–Kier alpha value is -2.05. The SMILES string of the molecule is CNC(=O)C[C@@H]1CN(C(=O)c2c(Cl)ccc3ccoc23)C[C@H]1O. The van der Waals surface area contributed by atoms with Gasteiger partial charge in [-0.3, -0.25) is 9.59 Å². The van der Waals surface area contributed by atoms with Crippen molar-refractivity contribution < 1.29 is 19.1 Å². The molecule has 122 valence electrons. The van der Waals surface area contributed by atoms with Gasteiger partial charge in [0.05, 0.1) is 17.4 Å². The molecule has 0 aliphatic carbocycles. The van der Waals surface area contributed by atoms with Gasteiger partial charge >= 0.3 is 0 Å². The summed E-state index contributed by atoms with van der Waals surface area (Å²) in [5.41, 5.74) is 0.730. The minimum Gasteiger partial charge on any atom is -0.463 e. The van der Waals surface area contributed by atoms with Crippen LogP contribution >= 0.6 is 11.6 Å². The van der Waals surface area contributed by atoms with E-state index in [1.807, 2.05) is 0 Å². The highest BCUT2D eigenvalue weighted by Gasteiger charge is 2.36. The minimum absolute atomic E-state index is 0.158. The fraction of sp³-hybridized carbons (Fsp3) is 0.375. The number of likely N-dealkylation sites (tertiary alicyclic amines) is 1. The summed E-state index contributed by atoms with van der Waals surface area (Å²) < 4.78 is 5.39. The second-order valence-corrected chi connectivity index (χ2v) is 6.08. The Morgan fingerprint density at radius 1 is 1.39 bits per heavy atom. The molecule has 2 N–H and O–H groups in total. The molecule has 0 bridgehead atoms. The van der Waals surface area contributed by atoms with Crippen molar-refractivity contribution in [3.63, 3.8) is 0 Å². The molecule has 2 atom stereocenters. The highest BCUT2D eigenvalue weighted by atomic mass is 35.5. The number of amides is 2. The van der Waals surface area contributed by atoms with Gasteiger partial charge in [0.1, 0.15) is 11.1 Å². The molecule has 1 fully saturated rings. The molecule has 0 spiro atoms. The van der Waals surface area contributed by atoms with E-state index in [-0.39, 0.29) is 30.7 Å². The van der Waals surface area contributed by atoms with Gasteiger partial charge in [-0.1, -0.05) is 11.6 Å². The summed E-state index contributed by atoms with van der Waals surface area (Å²) >= 11 is 6.18. The zero-order chi connectivity index (χ0) is 16.6. The smallest absolute Gasteiger partial charge is 0.259 e. The van der Waals surface area contributed by atoms with E-state index in [0.717, 1.165) is 5.39 Å². The summed E-state index contributed by atoms with van der Waals surface area (Å²) in [5, 5.41) is 13.7. The molecule has 0 saturated carbocycles. The van der Waals surface area contributed by atoms with E-state index in [9.17, 15) is 14.7 Å². The number of aliphatic hydroxyl groups is 1. The van der Waals surface area contributed by atoms with Gasteiger partial charge in [0, 0.05) is 37.9 Å². The van der Waals surface area contributed by atoms with Crippen LogP contribution in [0.2, 0.25) is 5.02 Å². The van der Waals surface area contributed by atoms with Gasteiger partial charge in [0.25, 0.3) is 5.91 Å². The Kier molecular flexibility index (Phi) is 4.28. The minimum atomic E-state index is -0.731. The van der Waals surface area contributed by atoms with Crippen LogP contribution in [0.1, 0.15) is 16.8 Å². The molecule has 6 nitrogen and oxygen atoms in total. The van der Waals surface area contributed by atoms with Crippen LogP contribution in [-0.2, 0) is 4.79 Å². The van der Waals surface area contributed by atoms with Crippen LogP contribution in [0.3, 0.4) is 0 Å². The Morgan fingerprint density at radius 2 is 2.17 bits per heavy atom. The van der Waals surface area contributed by atoms with Crippen molar-refractivity contribution in [2.24, 2.45) is 5.92 Å². The maximum Gasteiger partial charge on any atom is 0.259 e. The number of carbonyl (C=O) groups excluding carboxylic acids is 2. The first-order valence-electron chi connectivity index (χ1n) is 7.35. The van der Waals surface area contributed by atoms with Crippen molar-refractivity contribution in [1.82, 2.24) is 10.2 Å². The van der Waals surface area contributed by atoms with Crippen LogP contribution in [0.25, 0.3) is 11.0 Å². The van der Waals surface area contributed by atoms with Crippen molar-refractivity contribution >= 4 is 34.4 Å². The van der Waals surface area contributed by atoms with Crippen molar-refractivity contribution in [2.45, 2.75) is 12.5 Å². The maximum absolute atomic E-state index is 12.8. The van der Waals surface area contributed by atoms with Crippen molar-refractivity contribution in [3.05, 3.63) is 35.0 Å². The summed E-state index contributed by atoms with van der Waals surface area (Å²) in [5.74, 6) is -0.739. The summed E-state index contributed by atoms with van der Waals surface area (Å²) in [7, 11) is 1.55. The molecular weight excluding hydrogens is 320 g/mol. The zero-order valence-electron chi connectivity index (χ0n) is 12.6. The lowest BCUT2D eigenvalue weighted by Gasteiger charge is -2.17. The second kappa shape index (κ2) is 6.22. The Balaban J connectivity index is 1.85. The average Bonchev–Trinajstić information content (AvgIpc) is 3.13. The van der Waals surface area contributed by atoms with E-state index >= 15 is 0 Å². The Morgan fingerprint density at radius 3 is 2.91 bits per heavy atom. The highest BCUT2D eigenvalue weighted by Crippen LogP contribution is 2.30. The third-order valence-corrected chi connectivity index (χ3v) is 4.52. The van der Waals surface area contributed by atoms with Gasteiger partial charge in [-0.25, -0.2) is 0 Å². The highest BCUT2D eigenvalue weighted by molar-refractivity contribution is 6.35. The first-order valence-corrected chi connectivity index (χ1v) is 7.72. The summed E-state index contributed by atoms with van der Waals surface area (Å²) in [6, 6.07) is 5.20. The van der Waals surface area contributed by atoms with Gasteiger partial charge in [0.2, 0.25) is 5.91 Å². The van der Waals surface area contributed by atoms with Crippen LogP contribution in [0.5, 0.6) is 0 Å². The number of benzene rings is 1. The van der Waals surface area contributed by atoms with Crippen LogP contribution in [0.4, 0.5) is 0 Å². The van der Waals surface area contributed by atoms with Gasteiger partial charge in [-0.2, -0.15) is 0 Å². The predicted molar refractivity (Wildman–Crippen MR) is 85.3 cm³/mol. The number of hydrogen-bond acceptors (Lipinski definition) is 4. The molecule has 2 heterocycles. The molecule has 1 aliphatic heterocycles. The van der Waals surface area contributed by atoms with Gasteiger partial charge < -0.3 is 19.7 Å².